The van der Waals surface area contributed by atoms with E-state index >= 15 is 0 Å². The van der Waals surface area contributed by atoms with Crippen molar-refractivity contribution in [3.63, 3.8) is 0 Å². The van der Waals surface area contributed by atoms with Gasteiger partial charge in [-0.05, 0) is 0 Å². The van der Waals surface area contributed by atoms with E-state index in [1.165, 1.54) is 12.3 Å². The number of nitrogens with zero attached hydrogens (tertiary/aromatic N) is 1. The van der Waals surface area contributed by atoms with Gasteiger partial charge in [-0.1, -0.05) is 0 Å². The van der Waals surface area contributed by atoms with E-state index in [9.17, 15) is 8.42 Å². The van der Waals surface area contributed by atoms with Gasteiger partial charge >= 0.3 is 117 Å². The summed E-state index contributed by atoms with van der Waals surface area (Å²) >= 11 is 5.19. The molecule has 0 fully saturated rings. The molecular formula is C8H10AsBrN2O4S. The molecule has 0 aliphatic heterocycles. The van der Waals surface area contributed by atoms with E-state index in [-0.39, 0.29) is 11.4 Å². The van der Waals surface area contributed by atoms with Crippen molar-refractivity contribution in [2.45, 2.75) is 11.0 Å². The zero-order chi connectivity index (χ0) is 13.1. The SMILES string of the molecule is O=S(=O)(NCC(O)CO)c1cc(Br)cnc1[As]. The number of hydrogen-bond acceptors (Lipinski definition) is 5. The van der Waals surface area contributed by atoms with Crippen LogP contribution in [0.25, 0.3) is 0 Å². The summed E-state index contributed by atoms with van der Waals surface area (Å²) in [4.78, 5) is 3.90. The first kappa shape index (κ1) is 15.1. The average molecular weight is 385 g/mol. The first-order chi connectivity index (χ1) is 7.86. The van der Waals surface area contributed by atoms with Crippen LogP contribution in [0.2, 0.25) is 0 Å². The van der Waals surface area contributed by atoms with Crippen LogP contribution in [0.5, 0.6) is 0 Å². The maximum absolute atomic E-state index is 11.9. The second-order valence-electron chi connectivity index (χ2n) is 3.16. The molecule has 94 valence electrons. The molecule has 0 aliphatic carbocycles. The number of hydrogen-bond donors (Lipinski definition) is 3. The molecule has 1 rings (SSSR count). The van der Waals surface area contributed by atoms with Crippen LogP contribution in [-0.2, 0) is 10.0 Å². The van der Waals surface area contributed by atoms with E-state index in [4.69, 9.17) is 10.2 Å². The zero-order valence-electron chi connectivity index (χ0n) is 8.54. The van der Waals surface area contributed by atoms with Gasteiger partial charge < -0.3 is 0 Å². The Morgan fingerprint density at radius 1 is 1.59 bits per heavy atom. The van der Waals surface area contributed by atoms with Gasteiger partial charge in [0.25, 0.3) is 0 Å². The molecule has 0 bridgehead atoms. The summed E-state index contributed by atoms with van der Waals surface area (Å²) in [5.74, 6) is 0. The summed E-state index contributed by atoms with van der Waals surface area (Å²) in [6.07, 6.45) is 0.356. The van der Waals surface area contributed by atoms with Gasteiger partial charge in [0.2, 0.25) is 0 Å². The summed E-state index contributed by atoms with van der Waals surface area (Å²) in [6, 6.07) is 1.41. The molecule has 0 amide bonds. The van der Waals surface area contributed by atoms with Crippen LogP contribution in [0.1, 0.15) is 0 Å². The first-order valence-corrected chi connectivity index (χ1v) is 7.71. The molecule has 0 aliphatic rings. The minimum atomic E-state index is -3.75. The molecule has 0 aromatic carbocycles. The number of aliphatic hydroxyl groups is 2. The molecule has 3 N–H and O–H groups in total. The van der Waals surface area contributed by atoms with Gasteiger partial charge in [0.1, 0.15) is 0 Å². The van der Waals surface area contributed by atoms with Crippen LogP contribution in [0.3, 0.4) is 0 Å². The van der Waals surface area contributed by atoms with E-state index < -0.39 is 22.7 Å². The van der Waals surface area contributed by atoms with Crippen LogP contribution in [-0.4, -0.2) is 59.7 Å². The van der Waals surface area contributed by atoms with E-state index in [0.29, 0.717) is 8.95 Å². The maximum atomic E-state index is 11.9. The minimum absolute atomic E-state index is 0.0111. The molecule has 6 nitrogen and oxygen atoms in total. The van der Waals surface area contributed by atoms with Gasteiger partial charge in [0, 0.05) is 0 Å². The fourth-order valence-corrected chi connectivity index (χ4v) is 3.60. The van der Waals surface area contributed by atoms with Crippen molar-refractivity contribution in [2.75, 3.05) is 13.2 Å². The third-order valence-corrected chi connectivity index (χ3v) is 4.76. The Morgan fingerprint density at radius 2 is 2.24 bits per heavy atom. The number of nitrogens with one attached hydrogen (secondary N) is 1. The predicted octanol–water partition coefficient (Wildman–Crippen LogP) is -1.73. The van der Waals surface area contributed by atoms with Crippen LogP contribution < -0.4 is 9.20 Å². The number of aromatic nitrogens is 1. The molecule has 0 saturated carbocycles. The molecule has 1 aromatic rings. The molecule has 9 heteroatoms. The second-order valence-corrected chi connectivity index (χ2v) is 6.70. The van der Waals surface area contributed by atoms with Crippen LogP contribution >= 0.6 is 15.9 Å². The quantitative estimate of drug-likeness (QED) is 0.524. The van der Waals surface area contributed by atoms with Crippen molar-refractivity contribution in [1.29, 1.82) is 0 Å². The molecule has 0 saturated heterocycles. The van der Waals surface area contributed by atoms with Crippen LogP contribution in [0.4, 0.5) is 0 Å². The van der Waals surface area contributed by atoms with E-state index in [0.717, 1.165) is 0 Å². The summed E-state index contributed by atoms with van der Waals surface area (Å²) in [6.45, 7) is -0.758. The van der Waals surface area contributed by atoms with Gasteiger partial charge in [-0.15, -0.1) is 0 Å². The fourth-order valence-electron chi connectivity index (χ4n) is 0.959. The molecule has 1 aromatic heterocycles. The topological polar surface area (TPSA) is 99.5 Å². The van der Waals surface area contributed by atoms with Gasteiger partial charge in [0.05, 0.1) is 0 Å². The van der Waals surface area contributed by atoms with Crippen molar-refractivity contribution >= 4 is 47.3 Å². The summed E-state index contributed by atoms with van der Waals surface area (Å²) in [5, 5.41) is 17.7. The Balaban J connectivity index is 2.93. The first-order valence-electron chi connectivity index (χ1n) is 4.50. The normalized spacial score (nSPS) is 13.6. The van der Waals surface area contributed by atoms with Crippen LogP contribution in [0, 0.1) is 0 Å². The predicted molar refractivity (Wildman–Crippen MR) is 65.6 cm³/mol. The fraction of sp³-hybridized carbons (Fsp3) is 0.375. The number of pyridine rings is 1. The van der Waals surface area contributed by atoms with Crippen molar-refractivity contribution in [1.82, 2.24) is 9.71 Å². The standard InChI is InChI=1S/C8H10AsBrN2O4S/c9-8-7(1-5(10)2-11-8)17(15,16)12-3-6(14)4-13/h1-2,6,12-14H,3-4H2. The van der Waals surface area contributed by atoms with E-state index in [1.807, 2.05) is 0 Å². The second kappa shape index (κ2) is 6.26. The third kappa shape index (κ3) is 4.31. The van der Waals surface area contributed by atoms with Crippen molar-refractivity contribution in [2.24, 2.45) is 0 Å². The summed E-state index contributed by atoms with van der Waals surface area (Å²) in [5.41, 5.74) is 0. The zero-order valence-corrected chi connectivity index (χ0v) is 12.8. The number of rotatable bonds is 5. The molecule has 17 heavy (non-hydrogen) atoms. The molecule has 2 radical (unpaired) electrons. The van der Waals surface area contributed by atoms with Crippen molar-refractivity contribution in [3.8, 4) is 0 Å². The Bertz CT molecular complexity index is 496. The Morgan fingerprint density at radius 3 is 2.82 bits per heavy atom. The van der Waals surface area contributed by atoms with E-state index in [1.54, 1.807) is 0 Å². The third-order valence-electron chi connectivity index (χ3n) is 1.81. The van der Waals surface area contributed by atoms with Gasteiger partial charge in [-0.3, -0.25) is 0 Å². The molecule has 1 unspecified atom stereocenters. The Kier molecular flexibility index (Phi) is 5.55. The van der Waals surface area contributed by atoms with Crippen molar-refractivity contribution in [3.05, 3.63) is 16.7 Å². The van der Waals surface area contributed by atoms with Crippen molar-refractivity contribution < 1.29 is 18.6 Å². The Hall–Kier alpha value is 0.0184. The molecular weight excluding hydrogens is 375 g/mol. The van der Waals surface area contributed by atoms with E-state index in [2.05, 4.69) is 42.5 Å². The summed E-state index contributed by atoms with van der Waals surface area (Å²) < 4.78 is 26.7. The van der Waals surface area contributed by atoms with Gasteiger partial charge in [-0.25, -0.2) is 0 Å². The monoisotopic (exact) mass is 384 g/mol. The average Bonchev–Trinajstić information content (AvgIpc) is 2.29. The molecule has 0 spiro atoms. The summed E-state index contributed by atoms with van der Waals surface area (Å²) in [7, 11) is -3.75. The number of aliphatic hydroxyl groups excluding tert-OH is 2. The van der Waals surface area contributed by atoms with Gasteiger partial charge in [0.15, 0.2) is 0 Å². The molecule has 1 heterocycles. The number of halogens is 1. The van der Waals surface area contributed by atoms with Crippen LogP contribution in [0.15, 0.2) is 21.6 Å². The van der Waals surface area contributed by atoms with Gasteiger partial charge in [-0.2, -0.15) is 0 Å². The molecule has 1 atom stereocenters. The number of sulfonamides is 1. The Labute approximate surface area is 116 Å².